The van der Waals surface area contributed by atoms with Gasteiger partial charge in [0.1, 0.15) is 18.0 Å². The topological polar surface area (TPSA) is 51.0 Å². The summed E-state index contributed by atoms with van der Waals surface area (Å²) in [5.74, 6) is -1.29. The van der Waals surface area contributed by atoms with Crippen molar-refractivity contribution in [3.63, 3.8) is 0 Å². The van der Waals surface area contributed by atoms with E-state index in [1.807, 2.05) is 11.5 Å². The number of fused-ring (bicyclic) bond motifs is 2. The summed E-state index contributed by atoms with van der Waals surface area (Å²) in [5, 5.41) is 7.99. The molecular weight excluding hydrogens is 374 g/mol. The van der Waals surface area contributed by atoms with E-state index in [-0.39, 0.29) is 29.9 Å². The fourth-order valence-electron chi connectivity index (χ4n) is 4.36. The van der Waals surface area contributed by atoms with E-state index in [1.54, 1.807) is 11.2 Å². The fraction of sp³-hybridized carbons (Fsp3) is 0.526. The lowest BCUT2D eigenvalue weighted by molar-refractivity contribution is -0.132. The van der Waals surface area contributed by atoms with Crippen LogP contribution in [0.15, 0.2) is 6.33 Å². The Hall–Kier alpha value is -2.02. The van der Waals surface area contributed by atoms with Gasteiger partial charge in [0.15, 0.2) is 11.6 Å². The molecule has 5 nitrogen and oxygen atoms in total. The molecule has 2 heterocycles. The zero-order chi connectivity index (χ0) is 19.1. The highest BCUT2D eigenvalue weighted by Crippen LogP contribution is 2.33. The summed E-state index contributed by atoms with van der Waals surface area (Å²) in [6.07, 6.45) is 5.04. The van der Waals surface area contributed by atoms with Gasteiger partial charge < -0.3 is 9.47 Å². The predicted molar refractivity (Wildman–Crippen MR) is 96.5 cm³/mol. The molecule has 1 aromatic heterocycles. The number of amides is 1. The predicted octanol–water partition coefficient (Wildman–Crippen LogP) is 2.94. The van der Waals surface area contributed by atoms with Crippen molar-refractivity contribution in [1.29, 1.82) is 0 Å². The molecule has 1 unspecified atom stereocenters. The van der Waals surface area contributed by atoms with Crippen LogP contribution in [0.1, 0.15) is 40.9 Å². The van der Waals surface area contributed by atoms with Crippen molar-refractivity contribution in [3.8, 4) is 0 Å². The number of aromatic nitrogens is 3. The summed E-state index contributed by atoms with van der Waals surface area (Å²) < 4.78 is 31.3. The molecule has 2 aromatic rings. The molecule has 1 aromatic carbocycles. The van der Waals surface area contributed by atoms with Crippen LogP contribution in [-0.2, 0) is 37.1 Å². The molecule has 1 aliphatic carbocycles. The van der Waals surface area contributed by atoms with Gasteiger partial charge >= 0.3 is 0 Å². The zero-order valence-electron chi connectivity index (χ0n) is 15.1. The highest BCUT2D eigenvalue weighted by atomic mass is 35.5. The molecule has 2 aliphatic rings. The largest absolute Gasteiger partial charge is 0.334 e. The number of carbonyl (C=O) groups excluding carboxylic acids is 1. The molecule has 8 heteroatoms. The van der Waals surface area contributed by atoms with Gasteiger partial charge in [0.25, 0.3) is 0 Å². The second kappa shape index (κ2) is 7.19. The van der Waals surface area contributed by atoms with E-state index in [4.69, 9.17) is 11.6 Å². The first-order valence-electron chi connectivity index (χ1n) is 9.21. The summed E-state index contributed by atoms with van der Waals surface area (Å²) in [6, 6.07) is -0.164. The van der Waals surface area contributed by atoms with Crippen LogP contribution >= 0.6 is 11.6 Å². The molecule has 27 heavy (non-hydrogen) atoms. The van der Waals surface area contributed by atoms with Crippen LogP contribution < -0.4 is 0 Å². The molecule has 0 bridgehead atoms. The van der Waals surface area contributed by atoms with Crippen molar-refractivity contribution in [2.75, 3.05) is 5.88 Å². The Balaban J connectivity index is 1.68. The van der Waals surface area contributed by atoms with Crippen molar-refractivity contribution in [2.45, 2.75) is 58.2 Å². The molecule has 0 N–H and O–H groups in total. The summed E-state index contributed by atoms with van der Waals surface area (Å²) in [5.41, 5.74) is 2.41. The van der Waals surface area contributed by atoms with Crippen molar-refractivity contribution in [3.05, 3.63) is 46.0 Å². The Morgan fingerprint density at radius 1 is 1.33 bits per heavy atom. The summed E-state index contributed by atoms with van der Waals surface area (Å²) in [6.45, 7) is 2.52. The first kappa shape index (κ1) is 18.3. The van der Waals surface area contributed by atoms with Gasteiger partial charge in [-0.25, -0.2) is 8.78 Å². The van der Waals surface area contributed by atoms with Crippen LogP contribution in [-0.4, -0.2) is 37.5 Å². The first-order valence-corrected chi connectivity index (χ1v) is 9.75. The van der Waals surface area contributed by atoms with Gasteiger partial charge in [0.05, 0.1) is 0 Å². The van der Waals surface area contributed by atoms with Crippen LogP contribution in [0.25, 0.3) is 0 Å². The molecular formula is C19H21ClF2N4O. The number of halogens is 3. The van der Waals surface area contributed by atoms with Gasteiger partial charge in [0, 0.05) is 31.1 Å². The van der Waals surface area contributed by atoms with Crippen LogP contribution in [0.2, 0.25) is 0 Å². The molecule has 0 radical (unpaired) electrons. The Bertz CT molecular complexity index is 898. The molecule has 4 rings (SSSR count). The van der Waals surface area contributed by atoms with Gasteiger partial charge in [-0.3, -0.25) is 4.79 Å². The highest BCUT2D eigenvalue weighted by Gasteiger charge is 2.32. The molecule has 1 amide bonds. The monoisotopic (exact) mass is 394 g/mol. The maximum Gasteiger partial charge on any atom is 0.238 e. The normalized spacial score (nSPS) is 18.3. The Labute approximate surface area is 161 Å². The number of carbonyl (C=O) groups is 1. The van der Waals surface area contributed by atoms with Crippen molar-refractivity contribution in [1.82, 2.24) is 19.7 Å². The van der Waals surface area contributed by atoms with E-state index in [0.29, 0.717) is 31.4 Å². The van der Waals surface area contributed by atoms with Gasteiger partial charge in [-0.15, -0.1) is 21.8 Å². The Morgan fingerprint density at radius 2 is 2.11 bits per heavy atom. The number of rotatable bonds is 4. The van der Waals surface area contributed by atoms with E-state index in [1.165, 1.54) is 0 Å². The smallest absolute Gasteiger partial charge is 0.238 e. The van der Waals surface area contributed by atoms with Gasteiger partial charge in [-0.2, -0.15) is 0 Å². The number of benzene rings is 1. The minimum absolute atomic E-state index is 0.0201. The van der Waals surface area contributed by atoms with E-state index >= 15 is 0 Å². The van der Waals surface area contributed by atoms with Crippen molar-refractivity contribution in [2.24, 2.45) is 0 Å². The van der Waals surface area contributed by atoms with Crippen LogP contribution in [0, 0.1) is 18.6 Å². The third-order valence-corrected chi connectivity index (χ3v) is 6.10. The number of hydrogen-bond acceptors (Lipinski definition) is 3. The first-order chi connectivity index (χ1) is 13.0. The lowest BCUT2D eigenvalue weighted by Crippen LogP contribution is -2.45. The molecule has 1 atom stereocenters. The van der Waals surface area contributed by atoms with E-state index in [0.717, 1.165) is 29.8 Å². The summed E-state index contributed by atoms with van der Waals surface area (Å²) >= 11 is 5.82. The number of hydrogen-bond donors (Lipinski definition) is 0. The Morgan fingerprint density at radius 3 is 2.89 bits per heavy atom. The summed E-state index contributed by atoms with van der Waals surface area (Å²) in [4.78, 5) is 14.1. The van der Waals surface area contributed by atoms with Crippen molar-refractivity contribution >= 4 is 17.5 Å². The maximum absolute atomic E-state index is 14.8. The average Bonchev–Trinajstić information content (AvgIpc) is 3.34. The second-order valence-corrected chi connectivity index (χ2v) is 7.55. The minimum atomic E-state index is -0.834. The standard InChI is InChI=1S/C19H21ClF2N4O/c1-11-13-3-2-4-14(13)18(21)19(22)15(11)9-26(17(27)8-20)12-5-6-25-10-23-24-16(25)7-12/h10,12H,2-9H2,1H3. The molecule has 144 valence electrons. The molecule has 0 saturated carbocycles. The third kappa shape index (κ3) is 3.12. The van der Waals surface area contributed by atoms with E-state index in [9.17, 15) is 13.6 Å². The van der Waals surface area contributed by atoms with Gasteiger partial charge in [0.2, 0.25) is 5.91 Å². The van der Waals surface area contributed by atoms with E-state index < -0.39 is 11.6 Å². The number of nitrogens with zero attached hydrogens (tertiary/aromatic N) is 4. The van der Waals surface area contributed by atoms with E-state index in [2.05, 4.69) is 10.2 Å². The quantitative estimate of drug-likeness (QED) is 0.749. The second-order valence-electron chi connectivity index (χ2n) is 7.28. The molecule has 0 saturated heterocycles. The third-order valence-electron chi connectivity index (χ3n) is 5.87. The van der Waals surface area contributed by atoms with Gasteiger partial charge in [-0.1, -0.05) is 0 Å². The molecule has 0 fully saturated rings. The highest BCUT2D eigenvalue weighted by molar-refractivity contribution is 6.27. The van der Waals surface area contributed by atoms with Crippen LogP contribution in [0.5, 0.6) is 0 Å². The SMILES string of the molecule is Cc1c(CN(C(=O)CCl)C2CCn3cnnc3C2)c(F)c(F)c2c1CCC2. The zero-order valence-corrected chi connectivity index (χ0v) is 15.9. The summed E-state index contributed by atoms with van der Waals surface area (Å²) in [7, 11) is 0. The average molecular weight is 395 g/mol. The lowest BCUT2D eigenvalue weighted by atomic mass is 9.95. The van der Waals surface area contributed by atoms with Crippen molar-refractivity contribution < 1.29 is 13.6 Å². The van der Waals surface area contributed by atoms with Crippen LogP contribution in [0.3, 0.4) is 0 Å². The maximum atomic E-state index is 14.8. The van der Waals surface area contributed by atoms with Gasteiger partial charge in [-0.05, 0) is 49.3 Å². The minimum Gasteiger partial charge on any atom is -0.334 e. The molecule has 0 spiro atoms. The number of alkyl halides is 1. The Kier molecular flexibility index (Phi) is 4.88. The lowest BCUT2D eigenvalue weighted by Gasteiger charge is -2.34. The van der Waals surface area contributed by atoms with Crippen LogP contribution in [0.4, 0.5) is 8.78 Å². The fourth-order valence-corrected chi connectivity index (χ4v) is 4.51. The number of aryl methyl sites for hydroxylation is 1. The molecule has 1 aliphatic heterocycles.